The number of amides is 1. The lowest BCUT2D eigenvalue weighted by atomic mass is 10.2. The van der Waals surface area contributed by atoms with Crippen molar-refractivity contribution in [1.82, 2.24) is 19.4 Å². The Morgan fingerprint density at radius 3 is 2.46 bits per heavy atom. The number of hydrogen-bond donors (Lipinski definition) is 0. The summed E-state index contributed by atoms with van der Waals surface area (Å²) in [6.45, 7) is 3.67. The van der Waals surface area contributed by atoms with Gasteiger partial charge in [-0.2, -0.15) is 5.10 Å². The smallest absolute Gasteiger partial charge is 0.276 e. The number of pyridine rings is 1. The van der Waals surface area contributed by atoms with Crippen LogP contribution in [0.1, 0.15) is 16.1 Å². The Labute approximate surface area is 161 Å². The molecule has 1 saturated heterocycles. The van der Waals surface area contributed by atoms with Crippen LogP contribution in [0, 0.1) is 0 Å². The molecular weight excluding hydrogens is 371 g/mol. The zero-order valence-electron chi connectivity index (χ0n) is 14.1. The first-order valence-electron chi connectivity index (χ1n) is 8.51. The van der Waals surface area contributed by atoms with E-state index in [9.17, 15) is 4.79 Å². The molecule has 0 unspecified atom stereocenters. The fourth-order valence-electron chi connectivity index (χ4n) is 3.23. The predicted octanol–water partition coefficient (Wildman–Crippen LogP) is 3.60. The van der Waals surface area contributed by atoms with Crippen LogP contribution in [0.15, 0.2) is 48.7 Å². The van der Waals surface area contributed by atoms with Crippen molar-refractivity contribution in [2.45, 2.75) is 6.54 Å². The summed E-state index contributed by atoms with van der Waals surface area (Å²) < 4.78 is 1.64. The van der Waals surface area contributed by atoms with E-state index in [1.54, 1.807) is 10.7 Å². The zero-order valence-corrected chi connectivity index (χ0v) is 15.6. The molecule has 3 aromatic rings. The van der Waals surface area contributed by atoms with Crippen LogP contribution < -0.4 is 0 Å². The number of nitrogens with zero attached hydrogens (tertiary/aromatic N) is 4. The molecule has 3 heterocycles. The molecule has 1 aromatic carbocycles. The van der Waals surface area contributed by atoms with Gasteiger partial charge in [0.25, 0.3) is 5.91 Å². The largest absolute Gasteiger partial charge is 0.335 e. The maximum absolute atomic E-state index is 12.8. The highest BCUT2D eigenvalue weighted by molar-refractivity contribution is 6.36. The molecule has 0 spiro atoms. The SMILES string of the molecule is O=C(c1nn2ccccc2c1Cl)N1CCN(Cc2ccccc2Cl)CC1. The molecule has 0 radical (unpaired) electrons. The second kappa shape index (κ2) is 7.27. The summed E-state index contributed by atoms with van der Waals surface area (Å²) in [5.74, 6) is -0.115. The Morgan fingerprint density at radius 1 is 1.00 bits per heavy atom. The molecule has 1 fully saturated rings. The molecule has 134 valence electrons. The lowest BCUT2D eigenvalue weighted by molar-refractivity contribution is 0.0622. The van der Waals surface area contributed by atoms with Crippen LogP contribution >= 0.6 is 23.2 Å². The van der Waals surface area contributed by atoms with Gasteiger partial charge >= 0.3 is 0 Å². The van der Waals surface area contributed by atoms with E-state index in [2.05, 4.69) is 10.00 Å². The lowest BCUT2D eigenvalue weighted by Crippen LogP contribution is -2.48. The number of carbonyl (C=O) groups is 1. The van der Waals surface area contributed by atoms with Crippen molar-refractivity contribution in [2.24, 2.45) is 0 Å². The van der Waals surface area contributed by atoms with Gasteiger partial charge in [0, 0.05) is 43.9 Å². The summed E-state index contributed by atoms with van der Waals surface area (Å²) in [5, 5.41) is 5.54. The Hall–Kier alpha value is -2.08. The molecule has 0 bridgehead atoms. The van der Waals surface area contributed by atoms with Crippen molar-refractivity contribution >= 4 is 34.6 Å². The molecule has 2 aromatic heterocycles. The van der Waals surface area contributed by atoms with E-state index in [1.807, 2.05) is 47.4 Å². The average molecular weight is 389 g/mol. The van der Waals surface area contributed by atoms with Gasteiger partial charge < -0.3 is 4.90 Å². The van der Waals surface area contributed by atoms with Gasteiger partial charge in [-0.3, -0.25) is 9.69 Å². The molecule has 5 nitrogen and oxygen atoms in total. The number of aromatic nitrogens is 2. The molecule has 0 atom stereocenters. The molecular formula is C19H18Cl2N4O. The summed E-state index contributed by atoms with van der Waals surface area (Å²) in [6, 6.07) is 13.5. The molecule has 1 aliphatic rings. The van der Waals surface area contributed by atoms with Crippen LogP contribution in [0.3, 0.4) is 0 Å². The summed E-state index contributed by atoms with van der Waals surface area (Å²) in [5.41, 5.74) is 2.17. The topological polar surface area (TPSA) is 40.9 Å². The highest BCUT2D eigenvalue weighted by atomic mass is 35.5. The van der Waals surface area contributed by atoms with Crippen molar-refractivity contribution < 1.29 is 4.79 Å². The van der Waals surface area contributed by atoms with E-state index in [4.69, 9.17) is 23.2 Å². The zero-order chi connectivity index (χ0) is 18.1. The van der Waals surface area contributed by atoms with E-state index in [1.165, 1.54) is 0 Å². The van der Waals surface area contributed by atoms with Gasteiger partial charge in [0.2, 0.25) is 0 Å². The van der Waals surface area contributed by atoms with Crippen molar-refractivity contribution in [3.8, 4) is 0 Å². The summed E-state index contributed by atoms with van der Waals surface area (Å²) in [4.78, 5) is 17.0. The number of benzene rings is 1. The molecule has 0 aliphatic carbocycles. The van der Waals surface area contributed by atoms with E-state index in [0.29, 0.717) is 23.8 Å². The highest BCUT2D eigenvalue weighted by Crippen LogP contribution is 2.24. The van der Waals surface area contributed by atoms with Gasteiger partial charge in [0.1, 0.15) is 0 Å². The van der Waals surface area contributed by atoms with Crippen LogP contribution in [0.4, 0.5) is 0 Å². The van der Waals surface area contributed by atoms with E-state index in [-0.39, 0.29) is 5.91 Å². The number of fused-ring (bicyclic) bond motifs is 1. The molecule has 0 N–H and O–H groups in total. The first kappa shape index (κ1) is 17.3. The van der Waals surface area contributed by atoms with E-state index in [0.717, 1.165) is 35.7 Å². The van der Waals surface area contributed by atoms with Gasteiger partial charge in [0.15, 0.2) is 5.69 Å². The summed E-state index contributed by atoms with van der Waals surface area (Å²) in [7, 11) is 0. The second-order valence-electron chi connectivity index (χ2n) is 6.35. The van der Waals surface area contributed by atoms with Crippen molar-refractivity contribution in [3.63, 3.8) is 0 Å². The number of rotatable bonds is 3. The third-order valence-corrected chi connectivity index (χ3v) is 5.44. The van der Waals surface area contributed by atoms with Crippen LogP contribution in [-0.2, 0) is 6.54 Å². The van der Waals surface area contributed by atoms with E-state index < -0.39 is 0 Å². The molecule has 1 aliphatic heterocycles. The Bertz CT molecular complexity index is 948. The first-order chi connectivity index (χ1) is 12.6. The lowest BCUT2D eigenvalue weighted by Gasteiger charge is -2.34. The minimum Gasteiger partial charge on any atom is -0.335 e. The molecule has 0 saturated carbocycles. The van der Waals surface area contributed by atoms with Gasteiger partial charge in [0.05, 0.1) is 10.5 Å². The number of hydrogen-bond acceptors (Lipinski definition) is 3. The van der Waals surface area contributed by atoms with Gasteiger partial charge in [-0.1, -0.05) is 47.5 Å². The van der Waals surface area contributed by atoms with Crippen molar-refractivity contribution in [1.29, 1.82) is 0 Å². The molecule has 26 heavy (non-hydrogen) atoms. The normalized spacial score (nSPS) is 15.5. The Kier molecular flexibility index (Phi) is 4.85. The maximum Gasteiger partial charge on any atom is 0.276 e. The molecule has 1 amide bonds. The summed E-state index contributed by atoms with van der Waals surface area (Å²) in [6.07, 6.45) is 1.79. The second-order valence-corrected chi connectivity index (χ2v) is 7.14. The van der Waals surface area contributed by atoms with Crippen molar-refractivity contribution in [3.05, 3.63) is 70.0 Å². The van der Waals surface area contributed by atoms with Gasteiger partial charge in [-0.15, -0.1) is 0 Å². The fourth-order valence-corrected chi connectivity index (χ4v) is 3.70. The average Bonchev–Trinajstić information content (AvgIpc) is 3.01. The number of halogens is 2. The summed E-state index contributed by atoms with van der Waals surface area (Å²) >= 11 is 12.6. The monoisotopic (exact) mass is 388 g/mol. The van der Waals surface area contributed by atoms with Crippen molar-refractivity contribution in [2.75, 3.05) is 26.2 Å². The van der Waals surface area contributed by atoms with Crippen LogP contribution in [0.2, 0.25) is 10.0 Å². The van der Waals surface area contributed by atoms with E-state index >= 15 is 0 Å². The van der Waals surface area contributed by atoms with Crippen LogP contribution in [-0.4, -0.2) is 51.5 Å². The maximum atomic E-state index is 12.8. The predicted molar refractivity (Wildman–Crippen MR) is 103 cm³/mol. The Balaban J connectivity index is 1.43. The molecule has 7 heteroatoms. The number of piperazine rings is 1. The minimum atomic E-state index is -0.115. The van der Waals surface area contributed by atoms with Crippen LogP contribution in [0.5, 0.6) is 0 Å². The standard InChI is InChI=1S/C19H18Cl2N4O/c20-15-6-2-1-5-14(15)13-23-9-11-24(12-10-23)19(26)18-17(21)16-7-3-4-8-25(16)22-18/h1-8H,9-13H2. The molecule has 4 rings (SSSR count). The third-order valence-electron chi connectivity index (χ3n) is 4.69. The number of carbonyl (C=O) groups excluding carboxylic acids is 1. The van der Waals surface area contributed by atoms with Gasteiger partial charge in [-0.25, -0.2) is 4.52 Å². The fraction of sp³-hybridized carbons (Fsp3) is 0.263. The van der Waals surface area contributed by atoms with Crippen LogP contribution in [0.25, 0.3) is 5.52 Å². The highest BCUT2D eigenvalue weighted by Gasteiger charge is 2.26. The Morgan fingerprint density at radius 2 is 1.73 bits per heavy atom. The first-order valence-corrected chi connectivity index (χ1v) is 9.27. The third kappa shape index (κ3) is 3.30. The quantitative estimate of drug-likeness (QED) is 0.688. The minimum absolute atomic E-state index is 0.115. The van der Waals surface area contributed by atoms with Gasteiger partial charge in [-0.05, 0) is 23.8 Å².